The second-order valence-electron chi connectivity index (χ2n) is 7.24. The quantitative estimate of drug-likeness (QED) is 0.451. The van der Waals surface area contributed by atoms with E-state index in [0.717, 1.165) is 25.7 Å². The van der Waals surface area contributed by atoms with E-state index in [1.54, 1.807) is 19.0 Å². The normalized spacial score (nSPS) is 25.0. The molecule has 142 valence electrons. The largest absolute Gasteiger partial charge is 0.496 e. The molecule has 3 atom stereocenters. The molecule has 0 radical (unpaired) electrons. The van der Waals surface area contributed by atoms with Crippen molar-refractivity contribution in [2.45, 2.75) is 43.9 Å². The van der Waals surface area contributed by atoms with Gasteiger partial charge in [0.2, 0.25) is 0 Å². The molecule has 0 saturated carbocycles. The van der Waals surface area contributed by atoms with Gasteiger partial charge in [-0.2, -0.15) is 0 Å². The molecular formula is C18H25N3O5. The maximum atomic E-state index is 12.7. The second kappa shape index (κ2) is 7.11. The fourth-order valence-electron chi connectivity index (χ4n) is 4.06. The van der Waals surface area contributed by atoms with Gasteiger partial charge in [0, 0.05) is 51.2 Å². The van der Waals surface area contributed by atoms with Gasteiger partial charge in [0.05, 0.1) is 12.0 Å². The van der Waals surface area contributed by atoms with Crippen molar-refractivity contribution >= 4 is 17.3 Å². The minimum atomic E-state index is -0.566. The predicted octanol–water partition coefficient (Wildman–Crippen LogP) is 2.45. The van der Waals surface area contributed by atoms with Crippen LogP contribution in [-0.4, -0.2) is 62.2 Å². The van der Waals surface area contributed by atoms with Crippen LogP contribution in [0.15, 0.2) is 12.1 Å². The number of esters is 1. The summed E-state index contributed by atoms with van der Waals surface area (Å²) in [4.78, 5) is 27.6. The average molecular weight is 363 g/mol. The maximum absolute atomic E-state index is 12.7. The fraction of sp³-hybridized carbons (Fsp3) is 0.611. The lowest BCUT2D eigenvalue weighted by molar-refractivity contribution is -0.384. The lowest BCUT2D eigenvalue weighted by Crippen LogP contribution is -2.43. The molecule has 1 unspecified atom stereocenters. The van der Waals surface area contributed by atoms with E-state index in [0.29, 0.717) is 17.8 Å². The highest BCUT2D eigenvalue weighted by atomic mass is 16.6. The van der Waals surface area contributed by atoms with Crippen LogP contribution in [0.2, 0.25) is 0 Å². The van der Waals surface area contributed by atoms with Crippen LogP contribution in [0, 0.1) is 10.1 Å². The molecule has 26 heavy (non-hydrogen) atoms. The zero-order valence-corrected chi connectivity index (χ0v) is 15.6. The minimum Gasteiger partial charge on any atom is -0.496 e. The summed E-state index contributed by atoms with van der Waals surface area (Å²) in [5, 5.41) is 11.4. The van der Waals surface area contributed by atoms with E-state index < -0.39 is 10.9 Å². The Morgan fingerprint density at radius 2 is 1.88 bits per heavy atom. The van der Waals surface area contributed by atoms with Crippen molar-refractivity contribution in [3.63, 3.8) is 0 Å². The lowest BCUT2D eigenvalue weighted by atomic mass is 10.0. The number of benzene rings is 1. The summed E-state index contributed by atoms with van der Waals surface area (Å²) in [6.45, 7) is 0. The molecule has 8 heteroatoms. The van der Waals surface area contributed by atoms with E-state index in [1.165, 1.54) is 19.2 Å². The summed E-state index contributed by atoms with van der Waals surface area (Å²) in [5.41, 5.74) is 0.322. The van der Waals surface area contributed by atoms with Gasteiger partial charge in [0.25, 0.3) is 5.69 Å². The predicted molar refractivity (Wildman–Crippen MR) is 97.0 cm³/mol. The van der Waals surface area contributed by atoms with Gasteiger partial charge >= 0.3 is 5.97 Å². The third-order valence-electron chi connectivity index (χ3n) is 5.52. The Balaban J connectivity index is 1.84. The molecule has 0 amide bonds. The number of hydrogen-bond acceptors (Lipinski definition) is 7. The van der Waals surface area contributed by atoms with Gasteiger partial charge < -0.3 is 19.3 Å². The summed E-state index contributed by atoms with van der Waals surface area (Å²) in [7, 11) is 6.96. The maximum Gasteiger partial charge on any atom is 0.342 e. The highest BCUT2D eigenvalue weighted by molar-refractivity contribution is 5.95. The van der Waals surface area contributed by atoms with Crippen LogP contribution in [0.4, 0.5) is 11.4 Å². The number of nitro benzene ring substituents is 1. The second-order valence-corrected chi connectivity index (χ2v) is 7.24. The summed E-state index contributed by atoms with van der Waals surface area (Å²) in [6.07, 6.45) is 3.70. The molecule has 1 aromatic rings. The molecule has 1 aromatic carbocycles. The number of fused-ring (bicyclic) bond motifs is 2. The van der Waals surface area contributed by atoms with Crippen LogP contribution in [0.3, 0.4) is 0 Å². The Bertz CT molecular complexity index is 707. The molecule has 2 aliphatic rings. The monoisotopic (exact) mass is 363 g/mol. The van der Waals surface area contributed by atoms with Gasteiger partial charge in [0.1, 0.15) is 23.1 Å². The Morgan fingerprint density at radius 3 is 2.38 bits per heavy atom. The van der Waals surface area contributed by atoms with Crippen LogP contribution >= 0.6 is 0 Å². The molecular weight excluding hydrogens is 338 g/mol. The van der Waals surface area contributed by atoms with Crippen molar-refractivity contribution in [1.29, 1.82) is 0 Å². The van der Waals surface area contributed by atoms with Gasteiger partial charge in [-0.25, -0.2) is 4.79 Å². The zero-order chi connectivity index (χ0) is 19.0. The summed E-state index contributed by atoms with van der Waals surface area (Å²) >= 11 is 0. The van der Waals surface area contributed by atoms with Crippen LogP contribution in [0.25, 0.3) is 0 Å². The molecule has 0 aliphatic carbocycles. The third kappa shape index (κ3) is 3.33. The fourth-order valence-corrected chi connectivity index (χ4v) is 4.06. The Labute approximate surface area is 152 Å². The first-order valence-electron chi connectivity index (χ1n) is 8.78. The van der Waals surface area contributed by atoms with Crippen molar-refractivity contribution < 1.29 is 19.2 Å². The first kappa shape index (κ1) is 18.4. The number of piperidine rings is 1. The minimum absolute atomic E-state index is 0.0936. The standard InChI is InChI=1S/C18H25N3O5/c1-19(2)15-10-17(25-4)14(9-16(15)21(23)24)18(22)26-13-7-11-5-6-12(8-13)20(11)3/h9-13H,5-8H2,1-4H3/t11-,12+,13?. The van der Waals surface area contributed by atoms with Crippen LogP contribution in [-0.2, 0) is 4.74 Å². The van der Waals surface area contributed by atoms with Crippen LogP contribution in [0.5, 0.6) is 5.75 Å². The third-order valence-corrected chi connectivity index (χ3v) is 5.52. The smallest absolute Gasteiger partial charge is 0.342 e. The molecule has 2 aliphatic heterocycles. The van der Waals surface area contributed by atoms with Gasteiger partial charge in [-0.05, 0) is 19.9 Å². The number of anilines is 1. The van der Waals surface area contributed by atoms with Crippen LogP contribution < -0.4 is 9.64 Å². The molecule has 8 nitrogen and oxygen atoms in total. The van der Waals surface area contributed by atoms with Crippen molar-refractivity contribution in [3.05, 3.63) is 27.8 Å². The first-order valence-corrected chi connectivity index (χ1v) is 8.78. The van der Waals surface area contributed by atoms with Crippen molar-refractivity contribution in [1.82, 2.24) is 4.90 Å². The topological polar surface area (TPSA) is 85.2 Å². The number of carbonyl (C=O) groups is 1. The van der Waals surface area contributed by atoms with E-state index in [9.17, 15) is 14.9 Å². The number of methoxy groups -OCH3 is 1. The lowest BCUT2D eigenvalue weighted by Gasteiger charge is -2.35. The van der Waals surface area contributed by atoms with Gasteiger partial charge in [-0.1, -0.05) is 0 Å². The molecule has 0 aromatic heterocycles. The average Bonchev–Trinajstić information content (AvgIpc) is 2.81. The van der Waals surface area contributed by atoms with E-state index in [4.69, 9.17) is 9.47 Å². The first-order chi connectivity index (χ1) is 12.3. The highest BCUT2D eigenvalue weighted by Crippen LogP contribution is 2.38. The number of rotatable bonds is 5. The molecule has 0 N–H and O–H groups in total. The van der Waals surface area contributed by atoms with Gasteiger partial charge in [0.15, 0.2) is 0 Å². The number of nitro groups is 1. The van der Waals surface area contributed by atoms with Crippen molar-refractivity contribution in [2.24, 2.45) is 0 Å². The van der Waals surface area contributed by atoms with Crippen molar-refractivity contribution in [2.75, 3.05) is 33.2 Å². The SMILES string of the molecule is COc1cc(N(C)C)c([N+](=O)[O-])cc1C(=O)OC1C[C@H]2CC[C@@H](C1)N2C. The zero-order valence-electron chi connectivity index (χ0n) is 15.6. The highest BCUT2D eigenvalue weighted by Gasteiger charge is 2.40. The number of ether oxygens (including phenoxy) is 2. The van der Waals surface area contributed by atoms with Gasteiger partial charge in [-0.15, -0.1) is 0 Å². The number of hydrogen-bond donors (Lipinski definition) is 0. The molecule has 0 spiro atoms. The Morgan fingerprint density at radius 1 is 1.27 bits per heavy atom. The molecule has 2 bridgehead atoms. The Kier molecular flexibility index (Phi) is 5.04. The van der Waals surface area contributed by atoms with E-state index in [-0.39, 0.29) is 23.1 Å². The van der Waals surface area contributed by atoms with E-state index in [1.807, 2.05) is 0 Å². The molecule has 2 saturated heterocycles. The van der Waals surface area contributed by atoms with Crippen molar-refractivity contribution in [3.8, 4) is 5.75 Å². The number of carbonyl (C=O) groups excluding carboxylic acids is 1. The number of nitrogens with zero attached hydrogens (tertiary/aromatic N) is 3. The Hall–Kier alpha value is -2.35. The van der Waals surface area contributed by atoms with E-state index >= 15 is 0 Å². The summed E-state index contributed by atoms with van der Waals surface area (Å²) < 4.78 is 11.0. The van der Waals surface area contributed by atoms with Crippen LogP contribution in [0.1, 0.15) is 36.0 Å². The molecule has 2 heterocycles. The van der Waals surface area contributed by atoms with Gasteiger partial charge in [-0.3, -0.25) is 10.1 Å². The summed E-state index contributed by atoms with van der Waals surface area (Å²) in [5.74, 6) is -0.288. The molecule has 3 rings (SSSR count). The van der Waals surface area contributed by atoms with E-state index in [2.05, 4.69) is 11.9 Å². The molecule has 2 fully saturated rings. The summed E-state index contributed by atoms with van der Waals surface area (Å²) in [6, 6.07) is 3.64.